The second kappa shape index (κ2) is 8.14. The molecule has 1 aromatic carbocycles. The van der Waals surface area contributed by atoms with Crippen molar-refractivity contribution in [2.75, 3.05) is 16.6 Å². The zero-order valence-electron chi connectivity index (χ0n) is 16.8. The van der Waals surface area contributed by atoms with E-state index in [2.05, 4.69) is 0 Å². The summed E-state index contributed by atoms with van der Waals surface area (Å²) in [5, 5.41) is 0. The third-order valence-corrected chi connectivity index (χ3v) is 7.57. The van der Waals surface area contributed by atoms with Gasteiger partial charge in [0.1, 0.15) is 5.49 Å². The van der Waals surface area contributed by atoms with Gasteiger partial charge in [-0.2, -0.15) is 0 Å². The number of nitrogens with zero attached hydrogens (tertiary/aromatic N) is 3. The van der Waals surface area contributed by atoms with Gasteiger partial charge in [0.15, 0.2) is 0 Å². The Bertz CT molecular complexity index is 1070. The van der Waals surface area contributed by atoms with Crippen LogP contribution in [0.25, 0.3) is 0 Å². The third-order valence-electron chi connectivity index (χ3n) is 5.70. The molecule has 1 saturated carbocycles. The van der Waals surface area contributed by atoms with Crippen LogP contribution < -0.4 is 9.79 Å². The van der Waals surface area contributed by atoms with Crippen molar-refractivity contribution in [2.45, 2.75) is 51.5 Å². The molecule has 0 bridgehead atoms. The molecule has 2 aromatic rings. The highest BCUT2D eigenvalue weighted by atomic mass is 32.2. The SMILES string of the molecule is Cc1ccn(C(=O)c2ccc(N3CCCS3(=O)=O)cc2)c(=NC2CCCCC2)c1. The third kappa shape index (κ3) is 4.29. The minimum Gasteiger partial charge on any atom is -0.270 e. The molecule has 0 amide bonds. The van der Waals surface area contributed by atoms with Crippen LogP contribution >= 0.6 is 0 Å². The van der Waals surface area contributed by atoms with E-state index in [0.29, 0.717) is 29.7 Å². The summed E-state index contributed by atoms with van der Waals surface area (Å²) in [6.07, 6.45) is 8.19. The van der Waals surface area contributed by atoms with Crippen molar-refractivity contribution in [3.63, 3.8) is 0 Å². The van der Waals surface area contributed by atoms with Crippen LogP contribution in [0, 0.1) is 6.92 Å². The van der Waals surface area contributed by atoms with Crippen molar-refractivity contribution < 1.29 is 13.2 Å². The van der Waals surface area contributed by atoms with Crippen molar-refractivity contribution in [1.29, 1.82) is 0 Å². The summed E-state index contributed by atoms with van der Waals surface area (Å²) in [5.74, 6) is 0.0224. The van der Waals surface area contributed by atoms with E-state index in [1.165, 1.54) is 23.6 Å². The Balaban J connectivity index is 1.64. The molecule has 0 spiro atoms. The molecule has 1 aliphatic carbocycles. The Morgan fingerprint density at radius 3 is 2.41 bits per heavy atom. The van der Waals surface area contributed by atoms with Crippen molar-refractivity contribution >= 4 is 21.6 Å². The fraction of sp³-hybridized carbons (Fsp3) is 0.455. The highest BCUT2D eigenvalue weighted by Gasteiger charge is 2.28. The average molecular weight is 414 g/mol. The molecule has 0 atom stereocenters. The Kier molecular flexibility index (Phi) is 5.58. The molecule has 0 N–H and O–H groups in total. The van der Waals surface area contributed by atoms with Gasteiger partial charge in [0.05, 0.1) is 17.5 Å². The molecule has 1 saturated heterocycles. The van der Waals surface area contributed by atoms with Crippen LogP contribution in [0.2, 0.25) is 0 Å². The van der Waals surface area contributed by atoms with Gasteiger partial charge >= 0.3 is 0 Å². The number of anilines is 1. The molecule has 2 fully saturated rings. The second-order valence-corrected chi connectivity index (χ2v) is 9.96. The van der Waals surface area contributed by atoms with Crippen LogP contribution in [0.3, 0.4) is 0 Å². The fourth-order valence-electron chi connectivity index (χ4n) is 4.10. The first kappa shape index (κ1) is 19.9. The zero-order chi connectivity index (χ0) is 20.4. The number of carbonyl (C=O) groups excluding carboxylic acids is 1. The predicted octanol–water partition coefficient (Wildman–Crippen LogP) is 3.26. The van der Waals surface area contributed by atoms with Crippen LogP contribution in [0.15, 0.2) is 47.6 Å². The molecule has 7 heteroatoms. The van der Waals surface area contributed by atoms with Crippen LogP contribution in [0.4, 0.5) is 5.69 Å². The van der Waals surface area contributed by atoms with Gasteiger partial charge in [0.25, 0.3) is 5.91 Å². The summed E-state index contributed by atoms with van der Waals surface area (Å²) in [6.45, 7) is 2.49. The lowest BCUT2D eigenvalue weighted by atomic mass is 9.96. The number of pyridine rings is 1. The lowest BCUT2D eigenvalue weighted by Gasteiger charge is -2.18. The number of benzene rings is 1. The maximum absolute atomic E-state index is 13.2. The molecule has 154 valence electrons. The average Bonchev–Trinajstić information content (AvgIpc) is 3.07. The largest absolute Gasteiger partial charge is 0.270 e. The van der Waals surface area contributed by atoms with Crippen LogP contribution in [-0.4, -0.2) is 37.2 Å². The molecule has 29 heavy (non-hydrogen) atoms. The van der Waals surface area contributed by atoms with E-state index in [4.69, 9.17) is 4.99 Å². The van der Waals surface area contributed by atoms with Crippen LogP contribution in [0.5, 0.6) is 0 Å². The van der Waals surface area contributed by atoms with E-state index < -0.39 is 10.0 Å². The molecule has 0 radical (unpaired) electrons. The maximum Gasteiger partial charge on any atom is 0.263 e. The van der Waals surface area contributed by atoms with E-state index in [9.17, 15) is 13.2 Å². The number of carbonyl (C=O) groups is 1. The predicted molar refractivity (Wildman–Crippen MR) is 114 cm³/mol. The lowest BCUT2D eigenvalue weighted by molar-refractivity contribution is 0.0954. The van der Waals surface area contributed by atoms with E-state index in [1.807, 2.05) is 19.1 Å². The van der Waals surface area contributed by atoms with E-state index in [1.54, 1.807) is 35.0 Å². The molecule has 4 rings (SSSR count). The molecule has 2 aliphatic rings. The molecule has 2 heterocycles. The van der Waals surface area contributed by atoms with Gasteiger partial charge in [0.2, 0.25) is 10.0 Å². The minimum atomic E-state index is -3.23. The van der Waals surface area contributed by atoms with E-state index >= 15 is 0 Å². The smallest absolute Gasteiger partial charge is 0.263 e. The second-order valence-electron chi connectivity index (χ2n) is 7.95. The summed E-state index contributed by atoms with van der Waals surface area (Å²) >= 11 is 0. The van der Waals surface area contributed by atoms with Gasteiger partial charge in [-0.25, -0.2) is 8.42 Å². The first-order chi connectivity index (χ1) is 13.9. The van der Waals surface area contributed by atoms with Gasteiger partial charge < -0.3 is 0 Å². The summed E-state index contributed by atoms with van der Waals surface area (Å²) in [5.41, 5.74) is 2.88. The number of rotatable bonds is 3. The quantitative estimate of drug-likeness (QED) is 0.775. The van der Waals surface area contributed by atoms with Gasteiger partial charge in [-0.1, -0.05) is 19.3 Å². The Morgan fingerprint density at radius 1 is 1.03 bits per heavy atom. The first-order valence-corrected chi connectivity index (χ1v) is 11.9. The van der Waals surface area contributed by atoms with Crippen molar-refractivity contribution in [1.82, 2.24) is 4.57 Å². The van der Waals surface area contributed by atoms with Crippen molar-refractivity contribution in [2.24, 2.45) is 4.99 Å². The van der Waals surface area contributed by atoms with Crippen molar-refractivity contribution in [3.05, 3.63) is 59.2 Å². The Hall–Kier alpha value is -2.41. The van der Waals surface area contributed by atoms with Crippen molar-refractivity contribution in [3.8, 4) is 0 Å². The number of aromatic nitrogens is 1. The number of aryl methyl sites for hydroxylation is 1. The molecule has 6 nitrogen and oxygen atoms in total. The zero-order valence-corrected chi connectivity index (χ0v) is 17.6. The monoisotopic (exact) mass is 413 g/mol. The summed E-state index contributed by atoms with van der Waals surface area (Å²) in [4.78, 5) is 18.0. The minimum absolute atomic E-state index is 0.157. The summed E-state index contributed by atoms with van der Waals surface area (Å²) in [7, 11) is -3.23. The highest BCUT2D eigenvalue weighted by Crippen LogP contribution is 2.24. The molecular weight excluding hydrogens is 386 g/mol. The molecule has 0 unspecified atom stereocenters. The molecule has 1 aliphatic heterocycles. The first-order valence-electron chi connectivity index (χ1n) is 10.3. The maximum atomic E-state index is 13.2. The van der Waals surface area contributed by atoms with Crippen LogP contribution in [0.1, 0.15) is 54.4 Å². The van der Waals surface area contributed by atoms with Gasteiger partial charge in [-0.15, -0.1) is 0 Å². The number of sulfonamides is 1. The fourth-order valence-corrected chi connectivity index (χ4v) is 5.66. The topological polar surface area (TPSA) is 71.7 Å². The van der Waals surface area contributed by atoms with E-state index in [-0.39, 0.29) is 17.7 Å². The lowest BCUT2D eigenvalue weighted by Crippen LogP contribution is -2.30. The van der Waals surface area contributed by atoms with Crippen LogP contribution in [-0.2, 0) is 10.0 Å². The normalized spacial score (nSPS) is 20.2. The standard InChI is InChI=1S/C22H27N3O3S/c1-17-12-14-24(21(16-17)23-19-6-3-2-4-7-19)22(26)18-8-10-20(11-9-18)25-13-5-15-29(25,27)28/h8-12,14,16,19H,2-7,13,15H2,1H3. The van der Waals surface area contributed by atoms with Gasteiger partial charge in [-0.05, 0) is 68.1 Å². The summed E-state index contributed by atoms with van der Waals surface area (Å²) in [6, 6.07) is 10.9. The molecule has 1 aromatic heterocycles. The highest BCUT2D eigenvalue weighted by molar-refractivity contribution is 7.93. The van der Waals surface area contributed by atoms with Gasteiger partial charge in [-0.3, -0.25) is 18.7 Å². The summed E-state index contributed by atoms with van der Waals surface area (Å²) < 4.78 is 27.2. The molecular formula is C22H27N3O3S. The van der Waals surface area contributed by atoms with E-state index in [0.717, 1.165) is 18.4 Å². The Labute approximate surface area is 171 Å². The Morgan fingerprint density at radius 2 is 1.76 bits per heavy atom. The number of hydrogen-bond donors (Lipinski definition) is 0. The van der Waals surface area contributed by atoms with Gasteiger partial charge in [0, 0.05) is 18.3 Å². The number of hydrogen-bond acceptors (Lipinski definition) is 4.